The summed E-state index contributed by atoms with van der Waals surface area (Å²) in [5, 5.41) is 0. The van der Waals surface area contributed by atoms with E-state index in [0.29, 0.717) is 0 Å². The Labute approximate surface area is 406 Å². The zero-order valence-electron chi connectivity index (χ0n) is 35.4. The summed E-state index contributed by atoms with van der Waals surface area (Å²) in [6.45, 7) is 1.10. The van der Waals surface area contributed by atoms with Gasteiger partial charge >= 0.3 is 0 Å². The fraction of sp³-hybridized carbons (Fsp3) is 0.429. The number of hydrogen-bond acceptors (Lipinski definition) is 17. The Hall–Kier alpha value is -3.16. The number of hydrogen-bond donors (Lipinski definition) is 0. The summed E-state index contributed by atoms with van der Waals surface area (Å²) in [5.74, 6) is 0.458. The van der Waals surface area contributed by atoms with Crippen LogP contribution in [-0.2, 0) is 85.6 Å². The molecule has 12 bridgehead atoms. The summed E-state index contributed by atoms with van der Waals surface area (Å²) in [4.78, 5) is -1.50. The van der Waals surface area contributed by atoms with Gasteiger partial charge in [-0.3, -0.25) is 0 Å². The van der Waals surface area contributed by atoms with Crippen LogP contribution in [0.25, 0.3) is 0 Å². The van der Waals surface area contributed by atoms with Crippen LogP contribution in [0, 0.1) is 0 Å². The van der Waals surface area contributed by atoms with Gasteiger partial charge in [-0.05, 0) is 48.5 Å². The van der Waals surface area contributed by atoms with Crippen molar-refractivity contribution in [3.63, 3.8) is 0 Å². The van der Waals surface area contributed by atoms with E-state index in [0.717, 1.165) is 0 Å². The molecule has 0 atom stereocenters. The highest BCUT2D eigenvalue weighted by Crippen LogP contribution is 2.43. The molecular weight excluding hydrogens is 1050 g/mol. The SMILES string of the molecule is O=S(=O)(Cl)c1cc2c3c(c1)Cc1cc(S(=O)(=O)Cl)cc4c1OCCOCCOCCOc1c(cc(S(=O)(=O)Cl)cc1C4)Cc1cc(S(=O)(=O)Cl)cc(c1OCCOCCOCCOCCO3)C2. The third-order valence-electron chi connectivity index (χ3n) is 10.5. The molecule has 67 heavy (non-hydrogen) atoms. The minimum atomic E-state index is -4.51. The maximum Gasteiger partial charge on any atom is 0.261 e. The molecule has 0 spiro atoms. The van der Waals surface area contributed by atoms with Crippen LogP contribution in [0.4, 0.5) is 0 Å². The average Bonchev–Trinajstić information content (AvgIpc) is 3.24. The first kappa shape index (κ1) is 51.7. The van der Waals surface area contributed by atoms with Gasteiger partial charge in [0, 0.05) is 113 Å². The van der Waals surface area contributed by atoms with Crippen molar-refractivity contribution in [1.82, 2.24) is 0 Å². The minimum absolute atomic E-state index is 0.0401. The quantitative estimate of drug-likeness (QED) is 0.197. The second-order valence-electron chi connectivity index (χ2n) is 15.2. The third-order valence-corrected chi connectivity index (χ3v) is 15.9. The van der Waals surface area contributed by atoms with Crippen LogP contribution in [0.2, 0.25) is 0 Å². The van der Waals surface area contributed by atoms with Crippen molar-refractivity contribution >= 4 is 78.9 Å². The van der Waals surface area contributed by atoms with Gasteiger partial charge in [0.2, 0.25) is 0 Å². The number of benzene rings is 4. The topological polar surface area (TPSA) is 220 Å². The molecule has 2 heterocycles. The van der Waals surface area contributed by atoms with E-state index >= 15 is 0 Å². The van der Waals surface area contributed by atoms with Crippen molar-refractivity contribution in [2.45, 2.75) is 45.3 Å². The van der Waals surface area contributed by atoms with Crippen LogP contribution < -0.4 is 18.9 Å². The van der Waals surface area contributed by atoms with Gasteiger partial charge in [-0.15, -0.1) is 0 Å². The Morgan fingerprint density at radius 1 is 0.269 bits per heavy atom. The molecular formula is C42H44Cl4O17S4. The van der Waals surface area contributed by atoms with E-state index in [1.165, 1.54) is 48.5 Å². The van der Waals surface area contributed by atoms with E-state index in [1.807, 2.05) is 0 Å². The molecule has 0 fully saturated rings. The second kappa shape index (κ2) is 22.3. The molecule has 366 valence electrons. The number of halogens is 4. The Morgan fingerprint density at radius 2 is 0.418 bits per heavy atom. The van der Waals surface area contributed by atoms with Gasteiger partial charge < -0.3 is 42.6 Å². The van der Waals surface area contributed by atoms with E-state index in [4.69, 9.17) is 85.4 Å². The van der Waals surface area contributed by atoms with Gasteiger partial charge in [0.15, 0.2) is 0 Å². The minimum Gasteiger partial charge on any atom is -0.491 e. The molecule has 4 aromatic carbocycles. The normalized spacial score (nSPS) is 17.7. The molecule has 0 saturated carbocycles. The second-order valence-corrected chi connectivity index (χ2v) is 25.5. The van der Waals surface area contributed by atoms with Crippen LogP contribution in [0.5, 0.6) is 23.0 Å². The Balaban J connectivity index is 1.62. The zero-order chi connectivity index (χ0) is 48.0. The van der Waals surface area contributed by atoms with Gasteiger partial charge in [0.1, 0.15) is 49.4 Å². The molecule has 3 aliphatic rings. The van der Waals surface area contributed by atoms with Gasteiger partial charge in [0.05, 0.1) is 85.7 Å². The molecule has 0 saturated heterocycles. The number of rotatable bonds is 4. The van der Waals surface area contributed by atoms with E-state index in [1.54, 1.807) is 0 Å². The molecule has 0 N–H and O–H groups in total. The lowest BCUT2D eigenvalue weighted by atomic mass is 9.91. The first-order valence-electron chi connectivity index (χ1n) is 20.6. The molecule has 0 aromatic heterocycles. The molecule has 1 aliphatic carbocycles. The molecule has 2 aliphatic heterocycles. The van der Waals surface area contributed by atoms with Crippen molar-refractivity contribution < 1.29 is 76.3 Å². The highest BCUT2D eigenvalue weighted by molar-refractivity contribution is 8.14. The molecule has 7 rings (SSSR count). The monoisotopic (exact) mass is 1090 g/mol. The summed E-state index contributed by atoms with van der Waals surface area (Å²) in [5.41, 5.74) is 1.37. The maximum atomic E-state index is 13.3. The summed E-state index contributed by atoms with van der Waals surface area (Å²) >= 11 is 0. The van der Waals surface area contributed by atoms with Crippen molar-refractivity contribution in [2.75, 3.05) is 92.5 Å². The zero-order valence-corrected chi connectivity index (χ0v) is 41.7. The molecule has 0 radical (unpaired) electrons. The Bertz CT molecular complexity index is 2740. The predicted molar refractivity (Wildman–Crippen MR) is 245 cm³/mol. The Morgan fingerprint density at radius 3 is 0.567 bits per heavy atom. The van der Waals surface area contributed by atoms with E-state index < -0.39 is 36.2 Å². The molecule has 0 amide bonds. The molecule has 0 unspecified atom stereocenters. The van der Waals surface area contributed by atoms with Crippen molar-refractivity contribution in [3.8, 4) is 23.0 Å². The molecule has 25 heteroatoms. The fourth-order valence-corrected chi connectivity index (χ4v) is 11.1. The standard InChI is InChI=1S/C42H44Cl4O17S4/c43-64(47,48)35-19-27-15-28-20-36(65(44,49)50)22-30-17-32-24-38(67(46,53)54)26-34-18-33-25-37(66(45,51)52)23-31(41(33)62-13-9-58-5-6-59-10-14-63-42(32)34)16-29(21-35)39(27)60-11-7-56-3-1-55-2-4-57-8-12-61-40(28)30/h19-26H,1-18H2. The lowest BCUT2D eigenvalue weighted by Crippen LogP contribution is -2.17. The largest absolute Gasteiger partial charge is 0.491 e. The first-order valence-corrected chi connectivity index (χ1v) is 29.8. The van der Waals surface area contributed by atoms with Crippen LogP contribution in [0.15, 0.2) is 68.1 Å². The van der Waals surface area contributed by atoms with E-state index in [2.05, 4.69) is 0 Å². The third kappa shape index (κ3) is 13.8. The molecule has 17 nitrogen and oxygen atoms in total. The van der Waals surface area contributed by atoms with Crippen molar-refractivity contribution in [2.24, 2.45) is 0 Å². The highest BCUT2D eigenvalue weighted by Gasteiger charge is 2.29. The lowest BCUT2D eigenvalue weighted by molar-refractivity contribution is 0.00474. The highest BCUT2D eigenvalue weighted by atomic mass is 35.7. The van der Waals surface area contributed by atoms with Gasteiger partial charge in [0.25, 0.3) is 36.2 Å². The lowest BCUT2D eigenvalue weighted by Gasteiger charge is -2.24. The summed E-state index contributed by atoms with van der Waals surface area (Å²) in [6.07, 6.45) is -1.14. The summed E-state index contributed by atoms with van der Waals surface area (Å²) < 4.78 is 161. The average molecular weight is 1090 g/mol. The van der Waals surface area contributed by atoms with Crippen LogP contribution in [0.1, 0.15) is 44.5 Å². The smallest absolute Gasteiger partial charge is 0.261 e. The van der Waals surface area contributed by atoms with Gasteiger partial charge in [-0.2, -0.15) is 0 Å². The van der Waals surface area contributed by atoms with Crippen LogP contribution in [-0.4, -0.2) is 126 Å². The fourth-order valence-electron chi connectivity index (χ4n) is 7.74. The van der Waals surface area contributed by atoms with Crippen LogP contribution in [0.3, 0.4) is 0 Å². The molecule has 4 aromatic rings. The van der Waals surface area contributed by atoms with Gasteiger partial charge in [-0.1, -0.05) is 0 Å². The van der Waals surface area contributed by atoms with Gasteiger partial charge in [-0.25, -0.2) is 33.7 Å². The van der Waals surface area contributed by atoms with Crippen molar-refractivity contribution in [1.29, 1.82) is 0 Å². The first-order chi connectivity index (χ1) is 31.8. The number of ether oxygens (including phenoxy) is 9. The Kier molecular flexibility index (Phi) is 17.2. The van der Waals surface area contributed by atoms with Crippen molar-refractivity contribution in [3.05, 3.63) is 93.0 Å². The summed E-state index contributed by atoms with van der Waals surface area (Å²) in [6, 6.07) is 10.1. The van der Waals surface area contributed by atoms with E-state index in [-0.39, 0.29) is 205 Å². The van der Waals surface area contributed by atoms with Crippen LogP contribution >= 0.6 is 42.7 Å². The predicted octanol–water partition coefficient (Wildman–Crippen LogP) is 5.70. The van der Waals surface area contributed by atoms with E-state index in [9.17, 15) is 33.7 Å². The maximum absolute atomic E-state index is 13.3. The summed E-state index contributed by atoms with van der Waals surface area (Å²) in [7, 11) is 6.24.